The number of H-pyrrole nitrogens is 1. The summed E-state index contributed by atoms with van der Waals surface area (Å²) in [5, 5.41) is 0.616. The van der Waals surface area contributed by atoms with E-state index in [1.54, 1.807) is 37.0 Å². The van der Waals surface area contributed by atoms with Gasteiger partial charge in [-0.1, -0.05) is 11.6 Å². The van der Waals surface area contributed by atoms with E-state index in [2.05, 4.69) is 9.97 Å². The van der Waals surface area contributed by atoms with Gasteiger partial charge in [0.15, 0.2) is 5.43 Å². The van der Waals surface area contributed by atoms with Crippen molar-refractivity contribution in [3.63, 3.8) is 0 Å². The lowest BCUT2D eigenvalue weighted by atomic mass is 10.2. The molecule has 1 aromatic carbocycles. The summed E-state index contributed by atoms with van der Waals surface area (Å²) in [5.41, 5.74) is 2.25. The van der Waals surface area contributed by atoms with Crippen LogP contribution in [0.25, 0.3) is 11.0 Å². The number of nitrogens with one attached hydrogen (secondary N) is 1. The number of amides is 1. The van der Waals surface area contributed by atoms with Crippen LogP contribution in [0.4, 0.5) is 0 Å². The molecule has 0 atom stereocenters. The number of imidazole rings is 1. The molecule has 3 rings (SSSR count). The van der Waals surface area contributed by atoms with Crippen molar-refractivity contribution in [3.8, 4) is 0 Å². The highest BCUT2D eigenvalue weighted by atomic mass is 35.5. The second kappa shape index (κ2) is 6.13. The number of carbonyl (C=O) groups excluding carboxylic acids is 1. The first-order valence-electron chi connectivity index (χ1n) is 7.42. The monoisotopic (exact) mass is 344 g/mol. The van der Waals surface area contributed by atoms with Crippen molar-refractivity contribution in [2.75, 3.05) is 7.05 Å². The Labute approximate surface area is 143 Å². The molecule has 124 valence electrons. The Morgan fingerprint density at radius 1 is 1.38 bits per heavy atom. The van der Waals surface area contributed by atoms with E-state index in [1.165, 1.54) is 11.0 Å². The minimum atomic E-state index is -0.339. The zero-order chi connectivity index (χ0) is 17.4. The fraction of sp³-hybridized carbons (Fsp3) is 0.235. The highest BCUT2D eigenvalue weighted by molar-refractivity contribution is 6.31. The number of pyridine rings is 1. The number of nitrogens with zero attached hydrogens (tertiary/aromatic N) is 3. The Morgan fingerprint density at radius 3 is 2.88 bits per heavy atom. The first-order chi connectivity index (χ1) is 11.3. The molecule has 0 saturated carbocycles. The minimum absolute atomic E-state index is 0.143. The van der Waals surface area contributed by atoms with Gasteiger partial charge in [0.25, 0.3) is 5.91 Å². The maximum Gasteiger partial charge on any atom is 0.259 e. The molecule has 0 fully saturated rings. The number of aromatic nitrogens is 3. The molecule has 3 aromatic rings. The van der Waals surface area contributed by atoms with Gasteiger partial charge in [0.2, 0.25) is 0 Å². The van der Waals surface area contributed by atoms with Gasteiger partial charge in [-0.05, 0) is 25.1 Å². The summed E-state index contributed by atoms with van der Waals surface area (Å²) in [6.07, 6.45) is 1.56. The normalized spacial score (nSPS) is 11.0. The molecule has 2 aromatic heterocycles. The number of hydrogen-bond acceptors (Lipinski definition) is 3. The smallest absolute Gasteiger partial charge is 0.259 e. The van der Waals surface area contributed by atoms with E-state index in [4.69, 9.17) is 11.6 Å². The molecule has 0 saturated heterocycles. The third kappa shape index (κ3) is 3.05. The molecule has 0 aliphatic carbocycles. The second-order valence-electron chi connectivity index (χ2n) is 5.81. The van der Waals surface area contributed by atoms with Gasteiger partial charge >= 0.3 is 0 Å². The van der Waals surface area contributed by atoms with Crippen LogP contribution in [0.5, 0.6) is 0 Å². The Balaban J connectivity index is 1.85. The second-order valence-corrected chi connectivity index (χ2v) is 6.25. The predicted octanol–water partition coefficient (Wildman–Crippen LogP) is 2.50. The Kier molecular flexibility index (Phi) is 4.15. The molecule has 24 heavy (non-hydrogen) atoms. The molecule has 0 unspecified atom stereocenters. The number of benzene rings is 1. The summed E-state index contributed by atoms with van der Waals surface area (Å²) < 4.78 is 1.76. The maximum absolute atomic E-state index is 12.6. The standard InChI is InChI=1S/C17H17ClN4O2/c1-10-6-15(23)12(8-21(10)2)17(24)22(3)9-16-19-13-5-4-11(18)7-14(13)20-16/h4-8H,9H2,1-3H3,(H,19,20). The van der Waals surface area contributed by atoms with Gasteiger partial charge in [0, 0.05) is 37.1 Å². The van der Waals surface area contributed by atoms with Crippen molar-refractivity contribution in [2.45, 2.75) is 13.5 Å². The van der Waals surface area contributed by atoms with Gasteiger partial charge in [-0.25, -0.2) is 4.98 Å². The maximum atomic E-state index is 12.6. The van der Waals surface area contributed by atoms with Crippen molar-refractivity contribution in [1.82, 2.24) is 19.4 Å². The third-order valence-corrected chi connectivity index (χ3v) is 4.18. The number of rotatable bonds is 3. The van der Waals surface area contributed by atoms with E-state index in [0.29, 0.717) is 10.8 Å². The number of aromatic amines is 1. The zero-order valence-corrected chi connectivity index (χ0v) is 14.4. The van der Waals surface area contributed by atoms with Crippen LogP contribution in [0, 0.1) is 6.92 Å². The largest absolute Gasteiger partial charge is 0.354 e. The van der Waals surface area contributed by atoms with Gasteiger partial charge in [-0.3, -0.25) is 9.59 Å². The van der Waals surface area contributed by atoms with Crippen LogP contribution in [0.2, 0.25) is 5.02 Å². The average Bonchev–Trinajstić information content (AvgIpc) is 2.91. The highest BCUT2D eigenvalue weighted by Gasteiger charge is 2.17. The fourth-order valence-electron chi connectivity index (χ4n) is 2.50. The summed E-state index contributed by atoms with van der Waals surface area (Å²) in [6.45, 7) is 2.08. The third-order valence-electron chi connectivity index (χ3n) is 3.94. The first-order valence-corrected chi connectivity index (χ1v) is 7.80. The van der Waals surface area contributed by atoms with Crippen LogP contribution in [0.15, 0.2) is 35.3 Å². The highest BCUT2D eigenvalue weighted by Crippen LogP contribution is 2.17. The van der Waals surface area contributed by atoms with Crippen LogP contribution in [-0.2, 0) is 13.6 Å². The number of halogens is 1. The quantitative estimate of drug-likeness (QED) is 0.793. The van der Waals surface area contributed by atoms with Crippen LogP contribution >= 0.6 is 11.6 Å². The van der Waals surface area contributed by atoms with Crippen LogP contribution in [0.1, 0.15) is 21.9 Å². The lowest BCUT2D eigenvalue weighted by Gasteiger charge is -2.16. The summed E-state index contributed by atoms with van der Waals surface area (Å²) in [7, 11) is 3.44. The van der Waals surface area contributed by atoms with E-state index >= 15 is 0 Å². The van der Waals surface area contributed by atoms with E-state index in [0.717, 1.165) is 16.7 Å². The molecule has 0 aliphatic heterocycles. The van der Waals surface area contributed by atoms with Crippen LogP contribution < -0.4 is 5.43 Å². The van der Waals surface area contributed by atoms with Gasteiger partial charge < -0.3 is 14.5 Å². The molecule has 0 radical (unpaired) electrons. The van der Waals surface area contributed by atoms with E-state index < -0.39 is 0 Å². The van der Waals surface area contributed by atoms with Crippen molar-refractivity contribution in [1.29, 1.82) is 0 Å². The Morgan fingerprint density at radius 2 is 2.12 bits per heavy atom. The van der Waals surface area contributed by atoms with Crippen LogP contribution in [0.3, 0.4) is 0 Å². The van der Waals surface area contributed by atoms with Gasteiger partial charge in [-0.2, -0.15) is 0 Å². The number of aryl methyl sites for hydroxylation is 2. The molecular formula is C17H17ClN4O2. The van der Waals surface area contributed by atoms with E-state index in [9.17, 15) is 9.59 Å². The molecule has 0 aliphatic rings. The van der Waals surface area contributed by atoms with Crippen molar-refractivity contribution < 1.29 is 4.79 Å². The summed E-state index contributed by atoms with van der Waals surface area (Å²) in [5.74, 6) is 0.293. The zero-order valence-electron chi connectivity index (χ0n) is 13.6. The molecule has 6 nitrogen and oxygen atoms in total. The number of carbonyl (C=O) groups is 1. The molecule has 2 heterocycles. The molecule has 1 amide bonds. The van der Waals surface area contributed by atoms with Crippen molar-refractivity contribution >= 4 is 28.5 Å². The molecular weight excluding hydrogens is 328 g/mol. The molecule has 1 N–H and O–H groups in total. The van der Waals surface area contributed by atoms with Crippen molar-refractivity contribution in [3.05, 3.63) is 62.8 Å². The Bertz CT molecular complexity index is 990. The first kappa shape index (κ1) is 16.3. The summed E-state index contributed by atoms with van der Waals surface area (Å²) in [6, 6.07) is 6.82. The number of hydrogen-bond donors (Lipinski definition) is 1. The molecule has 0 bridgehead atoms. The van der Waals surface area contributed by atoms with E-state index in [-0.39, 0.29) is 23.4 Å². The number of fused-ring (bicyclic) bond motifs is 1. The van der Waals surface area contributed by atoms with Crippen LogP contribution in [-0.4, -0.2) is 32.4 Å². The molecule has 7 heteroatoms. The lowest BCUT2D eigenvalue weighted by Crippen LogP contribution is -2.31. The Hall–Kier alpha value is -2.60. The summed E-state index contributed by atoms with van der Waals surface area (Å²) in [4.78, 5) is 33.7. The van der Waals surface area contributed by atoms with E-state index in [1.807, 2.05) is 13.0 Å². The SMILES string of the molecule is Cc1cc(=O)c(C(=O)N(C)Cc2nc3ccc(Cl)cc3[nH]2)cn1C. The molecule has 0 spiro atoms. The van der Waals surface area contributed by atoms with Gasteiger partial charge in [0.05, 0.1) is 17.6 Å². The predicted molar refractivity (Wildman–Crippen MR) is 93.3 cm³/mol. The van der Waals surface area contributed by atoms with Crippen molar-refractivity contribution in [2.24, 2.45) is 7.05 Å². The minimum Gasteiger partial charge on any atom is -0.354 e. The fourth-order valence-corrected chi connectivity index (χ4v) is 2.67. The topological polar surface area (TPSA) is 71.0 Å². The summed E-state index contributed by atoms with van der Waals surface area (Å²) >= 11 is 5.96. The average molecular weight is 345 g/mol. The lowest BCUT2D eigenvalue weighted by molar-refractivity contribution is 0.0780. The van der Waals surface area contributed by atoms with Gasteiger partial charge in [-0.15, -0.1) is 0 Å². The van der Waals surface area contributed by atoms with Gasteiger partial charge in [0.1, 0.15) is 11.4 Å².